The minimum Gasteiger partial charge on any atom is -0.339 e. The molecule has 21 heavy (non-hydrogen) atoms. The van der Waals surface area contributed by atoms with Crippen LogP contribution in [0.3, 0.4) is 0 Å². The van der Waals surface area contributed by atoms with Gasteiger partial charge in [-0.1, -0.05) is 20.8 Å². The number of rotatable bonds is 4. The molecule has 2 N–H and O–H groups in total. The van der Waals surface area contributed by atoms with Crippen molar-refractivity contribution in [1.82, 2.24) is 4.90 Å². The zero-order valence-corrected chi connectivity index (χ0v) is 13.7. The van der Waals surface area contributed by atoms with Gasteiger partial charge >= 0.3 is 10.2 Å². The van der Waals surface area contributed by atoms with Crippen LogP contribution in [0.25, 0.3) is 0 Å². The number of hydrogen-bond acceptors (Lipinski definition) is 4. The topological polar surface area (TPSA) is 80.5 Å². The molecule has 4 unspecified atom stereocenters. The van der Waals surface area contributed by atoms with Crippen LogP contribution in [-0.2, 0) is 15.0 Å². The Morgan fingerprint density at radius 1 is 1.43 bits per heavy atom. The van der Waals surface area contributed by atoms with Crippen LogP contribution in [0.4, 0.5) is 3.89 Å². The van der Waals surface area contributed by atoms with Crippen molar-refractivity contribution < 1.29 is 17.1 Å². The summed E-state index contributed by atoms with van der Waals surface area (Å²) in [6.45, 7) is 7.24. The molecule has 1 heterocycles. The molecule has 0 aromatic carbocycles. The van der Waals surface area contributed by atoms with Crippen molar-refractivity contribution in [1.29, 1.82) is 0 Å². The van der Waals surface area contributed by atoms with E-state index >= 15 is 0 Å². The summed E-state index contributed by atoms with van der Waals surface area (Å²) in [5, 5.41) is 0. The normalized spacial score (nSPS) is 36.4. The standard InChI is InChI=1S/C14H25FN2O3S/c1-9-5-14(2,3)11(6-16)13(9)17-7-10(4-12(17)18)8-21(15,19)20/h9-11,13H,4-8,16H2,1-3H3. The number of amides is 1. The van der Waals surface area contributed by atoms with E-state index in [0.717, 1.165) is 6.42 Å². The van der Waals surface area contributed by atoms with E-state index in [-0.39, 0.29) is 29.7 Å². The van der Waals surface area contributed by atoms with Crippen molar-refractivity contribution in [3.63, 3.8) is 0 Å². The highest BCUT2D eigenvalue weighted by molar-refractivity contribution is 7.86. The van der Waals surface area contributed by atoms with E-state index in [1.165, 1.54) is 0 Å². The molecular weight excluding hydrogens is 295 g/mol. The smallest absolute Gasteiger partial charge is 0.302 e. The molecule has 122 valence electrons. The Balaban J connectivity index is 2.16. The van der Waals surface area contributed by atoms with Crippen molar-refractivity contribution in [2.45, 2.75) is 39.7 Å². The fourth-order valence-electron chi connectivity index (χ4n) is 4.43. The van der Waals surface area contributed by atoms with Crippen LogP contribution in [0.1, 0.15) is 33.6 Å². The molecule has 0 aromatic heterocycles. The summed E-state index contributed by atoms with van der Waals surface area (Å²) >= 11 is 0. The zero-order chi connectivity index (χ0) is 16.0. The number of halogens is 1. The van der Waals surface area contributed by atoms with Crippen molar-refractivity contribution in [2.24, 2.45) is 28.9 Å². The maximum atomic E-state index is 12.8. The van der Waals surface area contributed by atoms with E-state index in [9.17, 15) is 17.1 Å². The molecule has 1 saturated heterocycles. The van der Waals surface area contributed by atoms with Gasteiger partial charge in [0.2, 0.25) is 5.91 Å². The van der Waals surface area contributed by atoms with Gasteiger partial charge in [0.1, 0.15) is 0 Å². The third kappa shape index (κ3) is 3.39. The van der Waals surface area contributed by atoms with Crippen molar-refractivity contribution >= 4 is 16.1 Å². The fourth-order valence-corrected chi connectivity index (χ4v) is 5.22. The van der Waals surface area contributed by atoms with Crippen LogP contribution in [-0.4, -0.2) is 44.1 Å². The zero-order valence-electron chi connectivity index (χ0n) is 12.9. The van der Waals surface area contributed by atoms with Gasteiger partial charge in [-0.3, -0.25) is 4.79 Å². The summed E-state index contributed by atoms with van der Waals surface area (Å²) in [4.78, 5) is 14.0. The maximum absolute atomic E-state index is 12.8. The Bertz CT molecular complexity index is 520. The van der Waals surface area contributed by atoms with Gasteiger partial charge in [0.25, 0.3) is 0 Å². The Hall–Kier alpha value is -0.690. The molecule has 0 radical (unpaired) electrons. The summed E-state index contributed by atoms with van der Waals surface area (Å²) in [6.07, 6.45) is 1.10. The predicted octanol–water partition coefficient (Wildman–Crippen LogP) is 1.14. The van der Waals surface area contributed by atoms with Crippen LogP contribution in [0.15, 0.2) is 0 Å². The van der Waals surface area contributed by atoms with Crippen LogP contribution in [0, 0.1) is 23.2 Å². The maximum Gasteiger partial charge on any atom is 0.302 e. The van der Waals surface area contributed by atoms with E-state index in [1.807, 2.05) is 0 Å². The summed E-state index contributed by atoms with van der Waals surface area (Å²) in [6, 6.07) is 0.0322. The molecule has 1 saturated carbocycles. The molecule has 2 fully saturated rings. The van der Waals surface area contributed by atoms with Crippen molar-refractivity contribution in [2.75, 3.05) is 18.8 Å². The lowest BCUT2D eigenvalue weighted by molar-refractivity contribution is -0.131. The molecule has 1 aliphatic heterocycles. The van der Waals surface area contributed by atoms with Gasteiger partial charge < -0.3 is 10.6 Å². The number of nitrogens with zero attached hydrogens (tertiary/aromatic N) is 1. The highest BCUT2D eigenvalue weighted by Gasteiger charge is 2.51. The van der Waals surface area contributed by atoms with E-state index in [2.05, 4.69) is 20.8 Å². The third-order valence-electron chi connectivity index (χ3n) is 5.13. The van der Waals surface area contributed by atoms with Gasteiger partial charge in [-0.05, 0) is 30.2 Å². The Labute approximate surface area is 126 Å². The molecular formula is C14H25FN2O3S. The number of carbonyl (C=O) groups excluding carboxylic acids is 1. The van der Waals surface area contributed by atoms with E-state index in [4.69, 9.17) is 5.73 Å². The van der Waals surface area contributed by atoms with Crippen LogP contribution < -0.4 is 5.73 Å². The second-order valence-electron chi connectivity index (χ2n) is 7.32. The van der Waals surface area contributed by atoms with Gasteiger partial charge in [-0.2, -0.15) is 8.42 Å². The number of hydrogen-bond donors (Lipinski definition) is 1. The highest BCUT2D eigenvalue weighted by atomic mass is 32.3. The Morgan fingerprint density at radius 2 is 2.05 bits per heavy atom. The summed E-state index contributed by atoms with van der Waals surface area (Å²) < 4.78 is 34.4. The first kappa shape index (κ1) is 16.7. The molecule has 2 rings (SSSR count). The summed E-state index contributed by atoms with van der Waals surface area (Å²) in [5.74, 6) is -0.568. The van der Waals surface area contributed by atoms with Gasteiger partial charge in [0, 0.05) is 24.9 Å². The lowest BCUT2D eigenvalue weighted by Gasteiger charge is -2.35. The lowest BCUT2D eigenvalue weighted by Crippen LogP contribution is -2.46. The minimum absolute atomic E-state index is 0.0322. The average Bonchev–Trinajstić information content (AvgIpc) is 2.72. The fraction of sp³-hybridized carbons (Fsp3) is 0.929. The van der Waals surface area contributed by atoms with Crippen molar-refractivity contribution in [3.8, 4) is 0 Å². The van der Waals surface area contributed by atoms with E-state index in [0.29, 0.717) is 19.0 Å². The van der Waals surface area contributed by atoms with Crippen LogP contribution in [0.2, 0.25) is 0 Å². The first-order valence-electron chi connectivity index (χ1n) is 7.47. The van der Waals surface area contributed by atoms with E-state index in [1.54, 1.807) is 4.90 Å². The minimum atomic E-state index is -4.54. The van der Waals surface area contributed by atoms with Crippen LogP contribution >= 0.6 is 0 Å². The largest absolute Gasteiger partial charge is 0.339 e. The number of nitrogens with two attached hydrogens (primary N) is 1. The first-order valence-corrected chi connectivity index (χ1v) is 9.02. The van der Waals surface area contributed by atoms with Gasteiger partial charge in [-0.15, -0.1) is 3.89 Å². The van der Waals surface area contributed by atoms with E-state index < -0.39 is 21.9 Å². The monoisotopic (exact) mass is 320 g/mol. The third-order valence-corrected chi connectivity index (χ3v) is 6.00. The molecule has 2 aliphatic rings. The summed E-state index contributed by atoms with van der Waals surface area (Å²) in [7, 11) is -4.54. The molecule has 0 aromatic rings. The molecule has 0 bridgehead atoms. The molecule has 1 amide bonds. The van der Waals surface area contributed by atoms with Crippen LogP contribution in [0.5, 0.6) is 0 Å². The van der Waals surface area contributed by atoms with Gasteiger partial charge in [0.15, 0.2) is 0 Å². The molecule has 5 nitrogen and oxygen atoms in total. The SMILES string of the molecule is CC1CC(C)(C)C(CN)C1N1CC(CS(=O)(=O)F)CC1=O. The van der Waals surface area contributed by atoms with Gasteiger partial charge in [0.05, 0.1) is 5.75 Å². The molecule has 7 heteroatoms. The Kier molecular flexibility index (Phi) is 4.37. The predicted molar refractivity (Wildman–Crippen MR) is 78.6 cm³/mol. The second-order valence-corrected chi connectivity index (χ2v) is 8.74. The second kappa shape index (κ2) is 5.50. The average molecular weight is 320 g/mol. The van der Waals surface area contributed by atoms with Gasteiger partial charge in [-0.25, -0.2) is 0 Å². The quantitative estimate of drug-likeness (QED) is 0.788. The Morgan fingerprint density at radius 3 is 2.57 bits per heavy atom. The molecule has 1 aliphatic carbocycles. The number of likely N-dealkylation sites (tertiary alicyclic amines) is 1. The molecule has 4 atom stereocenters. The first-order chi connectivity index (χ1) is 9.55. The molecule has 0 spiro atoms. The lowest BCUT2D eigenvalue weighted by atomic mass is 9.80. The number of carbonyl (C=O) groups is 1. The van der Waals surface area contributed by atoms with Crippen molar-refractivity contribution in [3.05, 3.63) is 0 Å². The summed E-state index contributed by atoms with van der Waals surface area (Å²) in [5.41, 5.74) is 5.98. The highest BCUT2D eigenvalue weighted by Crippen LogP contribution is 2.48.